The van der Waals surface area contributed by atoms with Gasteiger partial charge in [0.1, 0.15) is 5.60 Å². The van der Waals surface area contributed by atoms with Crippen LogP contribution in [-0.2, 0) is 14.0 Å². The minimum atomic E-state index is -0.498. The highest BCUT2D eigenvalue weighted by atomic mass is 16.7. The fourth-order valence-electron chi connectivity index (χ4n) is 4.27. The third kappa shape index (κ3) is 4.70. The maximum absolute atomic E-state index is 13.0. The zero-order valence-corrected chi connectivity index (χ0v) is 20.0. The van der Waals surface area contributed by atoms with Crippen molar-refractivity contribution in [3.63, 3.8) is 0 Å². The zero-order valence-electron chi connectivity index (χ0n) is 20.0. The van der Waals surface area contributed by atoms with E-state index in [9.17, 15) is 4.79 Å². The van der Waals surface area contributed by atoms with Gasteiger partial charge >= 0.3 is 13.2 Å². The van der Waals surface area contributed by atoms with Crippen molar-refractivity contribution in [2.45, 2.75) is 110 Å². The minimum absolute atomic E-state index is 0.0451. The summed E-state index contributed by atoms with van der Waals surface area (Å²) in [6.45, 7) is 16.2. The number of hydrogen-bond donors (Lipinski definition) is 0. The number of ether oxygens (including phenoxy) is 1. The summed E-state index contributed by atoms with van der Waals surface area (Å²) in [6, 6.07) is 8.63. The second kappa shape index (κ2) is 8.20. The Morgan fingerprint density at radius 3 is 2.17 bits per heavy atom. The van der Waals surface area contributed by atoms with Crippen LogP contribution in [0.2, 0.25) is 0 Å². The van der Waals surface area contributed by atoms with Crippen LogP contribution in [-0.4, -0.2) is 41.0 Å². The van der Waals surface area contributed by atoms with E-state index < -0.39 is 5.60 Å². The maximum Gasteiger partial charge on any atom is 0.494 e. The van der Waals surface area contributed by atoms with Crippen LogP contribution in [0.25, 0.3) is 0 Å². The smallest absolute Gasteiger partial charge is 0.444 e. The molecule has 6 heteroatoms. The molecule has 30 heavy (non-hydrogen) atoms. The highest BCUT2D eigenvalue weighted by Crippen LogP contribution is 2.39. The highest BCUT2D eigenvalue weighted by molar-refractivity contribution is 6.62. The standard InChI is InChI=1S/C24H38BNO4/c1-9-10-19-15-16-20(26(19)21(27)28-22(2,3)4)17-11-13-18(14-12-17)25-29-23(5,6)24(7,8)30-25/h11-14,19-20H,9-10,15-16H2,1-8H3/t19-,20+/m0/s1. The lowest BCUT2D eigenvalue weighted by Gasteiger charge is -2.33. The molecular formula is C24H38BNO4. The summed E-state index contributed by atoms with van der Waals surface area (Å²) in [6.07, 6.45) is 3.81. The van der Waals surface area contributed by atoms with Crippen molar-refractivity contribution in [3.8, 4) is 0 Å². The Hall–Kier alpha value is -1.53. The Kier molecular flexibility index (Phi) is 6.32. The van der Waals surface area contributed by atoms with Crippen LogP contribution in [0.4, 0.5) is 4.79 Å². The van der Waals surface area contributed by atoms with Gasteiger partial charge < -0.3 is 14.0 Å². The van der Waals surface area contributed by atoms with Gasteiger partial charge in [0, 0.05) is 6.04 Å². The summed E-state index contributed by atoms with van der Waals surface area (Å²) >= 11 is 0. The molecule has 0 bridgehead atoms. The van der Waals surface area contributed by atoms with E-state index >= 15 is 0 Å². The summed E-state index contributed by atoms with van der Waals surface area (Å²) in [5.41, 5.74) is 0.927. The topological polar surface area (TPSA) is 48.0 Å². The molecule has 0 radical (unpaired) electrons. The van der Waals surface area contributed by atoms with Gasteiger partial charge in [-0.1, -0.05) is 37.6 Å². The Bertz CT molecular complexity index is 737. The fourth-order valence-corrected chi connectivity index (χ4v) is 4.27. The Morgan fingerprint density at radius 1 is 1.10 bits per heavy atom. The molecule has 166 valence electrons. The molecule has 0 saturated carbocycles. The molecule has 2 atom stereocenters. The quantitative estimate of drug-likeness (QED) is 0.632. The van der Waals surface area contributed by atoms with Gasteiger partial charge in [-0.05, 0) is 78.8 Å². The lowest BCUT2D eigenvalue weighted by molar-refractivity contribution is 0.00578. The first-order valence-corrected chi connectivity index (χ1v) is 11.3. The largest absolute Gasteiger partial charge is 0.494 e. The molecule has 2 aliphatic heterocycles. The predicted molar refractivity (Wildman–Crippen MR) is 121 cm³/mol. The molecule has 1 aromatic carbocycles. The van der Waals surface area contributed by atoms with E-state index in [0.717, 1.165) is 36.7 Å². The van der Waals surface area contributed by atoms with E-state index in [4.69, 9.17) is 14.0 Å². The third-order valence-corrected chi connectivity index (χ3v) is 6.58. The zero-order chi connectivity index (χ0) is 22.3. The molecule has 2 heterocycles. The van der Waals surface area contributed by atoms with Crippen molar-refractivity contribution < 1.29 is 18.8 Å². The van der Waals surface area contributed by atoms with Crippen LogP contribution in [0.5, 0.6) is 0 Å². The highest BCUT2D eigenvalue weighted by Gasteiger charge is 2.51. The van der Waals surface area contributed by atoms with E-state index in [1.807, 2.05) is 25.7 Å². The SMILES string of the molecule is CCC[C@H]1CC[C@H](c2ccc(B3OC(C)(C)C(C)(C)O3)cc2)N1C(=O)OC(C)(C)C. The average Bonchev–Trinajstić information content (AvgIpc) is 3.12. The summed E-state index contributed by atoms with van der Waals surface area (Å²) in [4.78, 5) is 15.0. The summed E-state index contributed by atoms with van der Waals surface area (Å²) in [5.74, 6) is 0. The lowest BCUT2D eigenvalue weighted by atomic mass is 9.78. The Morgan fingerprint density at radius 2 is 1.67 bits per heavy atom. The van der Waals surface area contributed by atoms with E-state index in [-0.39, 0.29) is 36.5 Å². The van der Waals surface area contributed by atoms with Crippen molar-refractivity contribution >= 4 is 18.7 Å². The van der Waals surface area contributed by atoms with E-state index in [1.54, 1.807) is 0 Å². The van der Waals surface area contributed by atoms with Crippen LogP contribution >= 0.6 is 0 Å². The molecule has 0 aliphatic carbocycles. The number of benzene rings is 1. The first kappa shape index (κ1) is 23.1. The van der Waals surface area contributed by atoms with E-state index in [1.165, 1.54) is 0 Å². The van der Waals surface area contributed by atoms with E-state index in [2.05, 4.69) is 58.9 Å². The molecule has 0 aromatic heterocycles. The summed E-state index contributed by atoms with van der Waals surface area (Å²) in [5, 5.41) is 0. The molecule has 0 spiro atoms. The van der Waals surface area contributed by atoms with Gasteiger partial charge in [0.25, 0.3) is 0 Å². The first-order chi connectivity index (χ1) is 13.8. The van der Waals surface area contributed by atoms with Gasteiger partial charge in [-0.3, -0.25) is 4.90 Å². The van der Waals surface area contributed by atoms with Gasteiger partial charge in [-0.25, -0.2) is 4.79 Å². The van der Waals surface area contributed by atoms with Gasteiger partial charge in [-0.15, -0.1) is 0 Å². The van der Waals surface area contributed by atoms with Crippen LogP contribution in [0.1, 0.15) is 92.7 Å². The number of likely N-dealkylation sites (tertiary alicyclic amines) is 1. The fraction of sp³-hybridized carbons (Fsp3) is 0.708. The van der Waals surface area contributed by atoms with Crippen molar-refractivity contribution in [2.24, 2.45) is 0 Å². The Labute approximate surface area is 182 Å². The third-order valence-electron chi connectivity index (χ3n) is 6.58. The second-order valence-corrected chi connectivity index (χ2v) is 10.7. The number of amides is 1. The molecule has 0 N–H and O–H groups in total. The normalized spacial score (nSPS) is 25.6. The Balaban J connectivity index is 1.79. The molecule has 2 saturated heterocycles. The van der Waals surface area contributed by atoms with Crippen LogP contribution in [0.3, 0.4) is 0 Å². The lowest BCUT2D eigenvalue weighted by Crippen LogP contribution is -2.41. The van der Waals surface area contributed by atoms with Gasteiger partial charge in [0.2, 0.25) is 0 Å². The van der Waals surface area contributed by atoms with Crippen LogP contribution < -0.4 is 5.46 Å². The minimum Gasteiger partial charge on any atom is -0.444 e. The maximum atomic E-state index is 13.0. The number of rotatable bonds is 4. The number of carbonyl (C=O) groups excluding carboxylic acids is 1. The monoisotopic (exact) mass is 415 g/mol. The molecular weight excluding hydrogens is 377 g/mol. The second-order valence-electron chi connectivity index (χ2n) is 10.7. The van der Waals surface area contributed by atoms with E-state index in [0.29, 0.717) is 0 Å². The van der Waals surface area contributed by atoms with Crippen molar-refractivity contribution in [2.75, 3.05) is 0 Å². The predicted octanol–water partition coefficient (Wildman–Crippen LogP) is 5.23. The van der Waals surface area contributed by atoms with Crippen molar-refractivity contribution in [3.05, 3.63) is 29.8 Å². The van der Waals surface area contributed by atoms with Gasteiger partial charge in [0.05, 0.1) is 17.2 Å². The van der Waals surface area contributed by atoms with Crippen molar-refractivity contribution in [1.29, 1.82) is 0 Å². The first-order valence-electron chi connectivity index (χ1n) is 11.3. The van der Waals surface area contributed by atoms with Gasteiger partial charge in [0.15, 0.2) is 0 Å². The molecule has 0 unspecified atom stereocenters. The molecule has 2 aliphatic rings. The molecule has 5 nitrogen and oxygen atoms in total. The number of hydrogen-bond acceptors (Lipinski definition) is 4. The molecule has 1 aromatic rings. The molecule has 3 rings (SSSR count). The summed E-state index contributed by atoms with van der Waals surface area (Å²) < 4.78 is 18.1. The van der Waals surface area contributed by atoms with Crippen LogP contribution in [0.15, 0.2) is 24.3 Å². The van der Waals surface area contributed by atoms with Gasteiger partial charge in [-0.2, -0.15) is 0 Å². The molecule has 2 fully saturated rings. The molecule has 1 amide bonds. The summed E-state index contributed by atoms with van der Waals surface area (Å²) in [7, 11) is -0.373. The average molecular weight is 415 g/mol. The van der Waals surface area contributed by atoms with Crippen LogP contribution in [0, 0.1) is 0 Å². The number of nitrogens with zero attached hydrogens (tertiary/aromatic N) is 1. The van der Waals surface area contributed by atoms with Crippen molar-refractivity contribution in [1.82, 2.24) is 4.90 Å². The number of carbonyl (C=O) groups is 1.